The number of para-hydroxylation sites is 3. The van der Waals surface area contributed by atoms with E-state index in [2.05, 4.69) is 0 Å². The van der Waals surface area contributed by atoms with Crippen LogP contribution in [0.2, 0.25) is 0 Å². The summed E-state index contributed by atoms with van der Waals surface area (Å²) in [4.78, 5) is 13.6. The molecule has 5 nitrogen and oxygen atoms in total. The van der Waals surface area contributed by atoms with Crippen molar-refractivity contribution in [2.45, 2.75) is 6.10 Å². The minimum Gasteiger partial charge on any atom is -0.493 e. The van der Waals surface area contributed by atoms with Gasteiger partial charge in [-0.15, -0.1) is 0 Å². The molecular formula is C17H17NO4. The summed E-state index contributed by atoms with van der Waals surface area (Å²) in [5.74, 6) is 1.30. The van der Waals surface area contributed by atoms with Gasteiger partial charge in [-0.1, -0.05) is 30.3 Å². The van der Waals surface area contributed by atoms with Crippen molar-refractivity contribution in [3.05, 3.63) is 54.6 Å². The van der Waals surface area contributed by atoms with E-state index in [-0.39, 0.29) is 18.8 Å². The minimum absolute atomic E-state index is 0.287. The molecule has 1 fully saturated rings. The number of carbonyl (C=O) groups excluding carboxylic acids is 1. The summed E-state index contributed by atoms with van der Waals surface area (Å²) in [6.07, 6.45) is -0.655. The maximum atomic E-state index is 11.9. The molecule has 0 radical (unpaired) electrons. The van der Waals surface area contributed by atoms with Crippen LogP contribution >= 0.6 is 0 Å². The average molecular weight is 299 g/mol. The van der Waals surface area contributed by atoms with Crippen LogP contribution in [0.5, 0.6) is 11.5 Å². The summed E-state index contributed by atoms with van der Waals surface area (Å²) in [5, 5.41) is 0. The topological polar surface area (TPSA) is 48.0 Å². The first-order valence-electron chi connectivity index (χ1n) is 7.07. The minimum atomic E-state index is -0.347. The predicted molar refractivity (Wildman–Crippen MR) is 82.5 cm³/mol. The lowest BCUT2D eigenvalue weighted by Crippen LogP contribution is -2.26. The molecule has 2 aromatic rings. The van der Waals surface area contributed by atoms with Gasteiger partial charge >= 0.3 is 6.09 Å². The highest BCUT2D eigenvalue weighted by molar-refractivity contribution is 5.89. The second-order valence-corrected chi connectivity index (χ2v) is 4.91. The second-order valence-electron chi connectivity index (χ2n) is 4.91. The van der Waals surface area contributed by atoms with Gasteiger partial charge in [0.05, 0.1) is 13.7 Å². The third-order valence-electron chi connectivity index (χ3n) is 3.44. The summed E-state index contributed by atoms with van der Waals surface area (Å²) >= 11 is 0. The van der Waals surface area contributed by atoms with Gasteiger partial charge in [0.25, 0.3) is 0 Å². The van der Waals surface area contributed by atoms with Gasteiger partial charge in [0.2, 0.25) is 0 Å². The van der Waals surface area contributed by atoms with E-state index in [0.29, 0.717) is 18.0 Å². The van der Waals surface area contributed by atoms with E-state index in [0.717, 1.165) is 5.69 Å². The van der Waals surface area contributed by atoms with Crippen molar-refractivity contribution >= 4 is 11.8 Å². The number of methoxy groups -OCH3 is 1. The Hall–Kier alpha value is -2.69. The van der Waals surface area contributed by atoms with E-state index in [9.17, 15) is 4.79 Å². The zero-order valence-corrected chi connectivity index (χ0v) is 12.3. The number of hydrogen-bond donors (Lipinski definition) is 0. The lowest BCUT2D eigenvalue weighted by molar-refractivity contribution is 0.104. The first-order valence-corrected chi connectivity index (χ1v) is 7.07. The number of carbonyl (C=O) groups is 1. The number of amides is 1. The van der Waals surface area contributed by atoms with Crippen LogP contribution in [0, 0.1) is 0 Å². The Morgan fingerprint density at radius 1 is 1.09 bits per heavy atom. The van der Waals surface area contributed by atoms with Crippen molar-refractivity contribution < 1.29 is 19.0 Å². The van der Waals surface area contributed by atoms with E-state index in [1.807, 2.05) is 54.6 Å². The predicted octanol–water partition coefficient (Wildman–Crippen LogP) is 3.10. The summed E-state index contributed by atoms with van der Waals surface area (Å²) in [6.45, 7) is 0.757. The van der Waals surface area contributed by atoms with Crippen LogP contribution in [-0.2, 0) is 4.74 Å². The highest BCUT2D eigenvalue weighted by atomic mass is 16.6. The third-order valence-corrected chi connectivity index (χ3v) is 3.44. The van der Waals surface area contributed by atoms with Gasteiger partial charge in [-0.05, 0) is 24.3 Å². The Kier molecular flexibility index (Phi) is 4.14. The quantitative estimate of drug-likeness (QED) is 0.851. The molecule has 22 heavy (non-hydrogen) atoms. The molecule has 1 heterocycles. The maximum absolute atomic E-state index is 11.9. The molecular weight excluding hydrogens is 282 g/mol. The van der Waals surface area contributed by atoms with Crippen molar-refractivity contribution in [2.24, 2.45) is 0 Å². The standard InChI is InChI=1S/C17H17NO4/c1-20-15-9-5-6-10-16(15)21-12-14-11-18(17(19)22-14)13-7-3-2-4-8-13/h2-10,14H,11-12H2,1H3. The van der Waals surface area contributed by atoms with Crippen molar-refractivity contribution in [2.75, 3.05) is 25.2 Å². The summed E-state index contributed by atoms with van der Waals surface area (Å²) < 4.78 is 16.3. The van der Waals surface area contributed by atoms with Crippen molar-refractivity contribution in [3.63, 3.8) is 0 Å². The molecule has 2 aromatic carbocycles. The molecule has 5 heteroatoms. The smallest absolute Gasteiger partial charge is 0.414 e. The van der Waals surface area contributed by atoms with Gasteiger partial charge in [-0.3, -0.25) is 4.90 Å². The van der Waals surface area contributed by atoms with Crippen LogP contribution in [0.1, 0.15) is 0 Å². The van der Waals surface area contributed by atoms with Crippen LogP contribution in [0.25, 0.3) is 0 Å². The number of hydrogen-bond acceptors (Lipinski definition) is 4. The normalized spacial score (nSPS) is 17.2. The molecule has 0 saturated carbocycles. The molecule has 1 aliphatic rings. The van der Waals surface area contributed by atoms with Crippen molar-refractivity contribution in [1.29, 1.82) is 0 Å². The Morgan fingerprint density at radius 2 is 1.77 bits per heavy atom. The summed E-state index contributed by atoms with van der Waals surface area (Å²) in [6, 6.07) is 16.8. The molecule has 1 amide bonds. The van der Waals surface area contributed by atoms with Gasteiger partial charge in [-0.2, -0.15) is 0 Å². The maximum Gasteiger partial charge on any atom is 0.414 e. The fraction of sp³-hybridized carbons (Fsp3) is 0.235. The van der Waals surface area contributed by atoms with Crippen molar-refractivity contribution in [1.82, 2.24) is 0 Å². The number of ether oxygens (including phenoxy) is 3. The van der Waals surface area contributed by atoms with E-state index in [4.69, 9.17) is 14.2 Å². The highest BCUT2D eigenvalue weighted by Gasteiger charge is 2.32. The largest absolute Gasteiger partial charge is 0.493 e. The molecule has 1 saturated heterocycles. The number of cyclic esters (lactones) is 1. The fourth-order valence-corrected chi connectivity index (χ4v) is 2.35. The van der Waals surface area contributed by atoms with Gasteiger partial charge in [0.1, 0.15) is 6.61 Å². The van der Waals surface area contributed by atoms with Gasteiger partial charge in [0, 0.05) is 5.69 Å². The van der Waals surface area contributed by atoms with Crippen LogP contribution in [0.4, 0.5) is 10.5 Å². The number of rotatable bonds is 5. The number of benzene rings is 2. The van der Waals surface area contributed by atoms with Crippen molar-refractivity contribution in [3.8, 4) is 11.5 Å². The van der Waals surface area contributed by atoms with Crippen LogP contribution < -0.4 is 14.4 Å². The summed E-state index contributed by atoms with van der Waals surface area (Å²) in [7, 11) is 1.59. The Morgan fingerprint density at radius 3 is 2.50 bits per heavy atom. The highest BCUT2D eigenvalue weighted by Crippen LogP contribution is 2.27. The van der Waals surface area contributed by atoms with Crippen LogP contribution in [0.15, 0.2) is 54.6 Å². The number of anilines is 1. The van der Waals surface area contributed by atoms with E-state index in [1.165, 1.54) is 0 Å². The monoisotopic (exact) mass is 299 g/mol. The second kappa shape index (κ2) is 6.39. The lowest BCUT2D eigenvalue weighted by Gasteiger charge is -2.14. The van der Waals surface area contributed by atoms with Crippen LogP contribution in [0.3, 0.4) is 0 Å². The Bertz CT molecular complexity index is 644. The first-order chi connectivity index (χ1) is 10.8. The summed E-state index contributed by atoms with van der Waals surface area (Å²) in [5.41, 5.74) is 0.826. The molecule has 0 aliphatic carbocycles. The number of nitrogens with zero attached hydrogens (tertiary/aromatic N) is 1. The molecule has 0 bridgehead atoms. The zero-order valence-electron chi connectivity index (χ0n) is 12.3. The average Bonchev–Trinajstić information content (AvgIpc) is 2.95. The molecule has 114 valence electrons. The molecule has 3 rings (SSSR count). The van der Waals surface area contributed by atoms with Gasteiger partial charge in [-0.25, -0.2) is 4.79 Å². The molecule has 1 unspecified atom stereocenters. The lowest BCUT2D eigenvalue weighted by atomic mass is 10.3. The van der Waals surface area contributed by atoms with E-state index < -0.39 is 0 Å². The Labute approximate surface area is 129 Å². The zero-order chi connectivity index (χ0) is 15.4. The molecule has 1 aliphatic heterocycles. The van der Waals surface area contributed by atoms with Gasteiger partial charge in [0.15, 0.2) is 17.6 Å². The third kappa shape index (κ3) is 2.98. The first kappa shape index (κ1) is 14.3. The molecule has 1 atom stereocenters. The Balaban J connectivity index is 1.62. The molecule has 0 spiro atoms. The molecule has 0 N–H and O–H groups in total. The SMILES string of the molecule is COc1ccccc1OCC1CN(c2ccccc2)C(=O)O1. The molecule has 0 aromatic heterocycles. The fourth-order valence-electron chi connectivity index (χ4n) is 2.35. The van der Waals surface area contributed by atoms with E-state index in [1.54, 1.807) is 12.0 Å². The van der Waals surface area contributed by atoms with Crippen LogP contribution in [-0.4, -0.2) is 32.5 Å². The van der Waals surface area contributed by atoms with E-state index >= 15 is 0 Å². The van der Waals surface area contributed by atoms with Gasteiger partial charge < -0.3 is 14.2 Å².